The summed E-state index contributed by atoms with van der Waals surface area (Å²) in [5.74, 6) is -1.27. The molecule has 1 aromatic carbocycles. The van der Waals surface area contributed by atoms with E-state index in [4.69, 9.17) is 21.1 Å². The maximum atomic E-state index is 13.8. The van der Waals surface area contributed by atoms with Crippen LogP contribution in [0.3, 0.4) is 0 Å². The van der Waals surface area contributed by atoms with Crippen LogP contribution in [0, 0.1) is 5.82 Å². The van der Waals surface area contributed by atoms with Gasteiger partial charge in [0, 0.05) is 11.6 Å². The molecule has 2 aromatic rings. The highest BCUT2D eigenvalue weighted by molar-refractivity contribution is 6.31. The van der Waals surface area contributed by atoms with E-state index >= 15 is 0 Å². The predicted molar refractivity (Wildman–Crippen MR) is 107 cm³/mol. The average Bonchev–Trinajstić information content (AvgIpc) is 3.16. The molecule has 0 spiro atoms. The molecule has 6 rings (SSSR count). The minimum atomic E-state index is -4.71. The lowest BCUT2D eigenvalue weighted by atomic mass is 9.44. The fourth-order valence-corrected chi connectivity index (χ4v) is 5.04. The molecule has 3 aliphatic carbocycles. The minimum absolute atomic E-state index is 0.0166. The molecule has 3 saturated carbocycles. The smallest absolute Gasteiger partial charge is 0.488 e. The van der Waals surface area contributed by atoms with Gasteiger partial charge in [0.25, 0.3) is 5.91 Å². The molecule has 0 saturated heterocycles. The van der Waals surface area contributed by atoms with Crippen molar-refractivity contribution in [1.82, 2.24) is 15.1 Å². The van der Waals surface area contributed by atoms with Crippen molar-refractivity contribution in [3.05, 3.63) is 40.9 Å². The van der Waals surface area contributed by atoms with Crippen LogP contribution in [0.15, 0.2) is 24.5 Å². The lowest BCUT2D eigenvalue weighted by molar-refractivity contribution is -0.325. The highest BCUT2D eigenvalue weighted by Gasteiger charge is 2.70. The molecule has 1 aliphatic heterocycles. The monoisotopic (exact) mass is 503 g/mol. The van der Waals surface area contributed by atoms with Crippen LogP contribution >= 0.6 is 11.6 Å². The number of Topliss-reactive ketones (excluding diaryl/α,β-unsaturated/α-hetero) is 1. The fourth-order valence-electron chi connectivity index (χ4n) is 4.87. The number of halogens is 5. The molecule has 0 unspecified atom stereocenters. The summed E-state index contributed by atoms with van der Waals surface area (Å²) in [5.41, 5.74) is -0.628. The second-order valence-corrected chi connectivity index (χ2v) is 9.19. The van der Waals surface area contributed by atoms with Crippen LogP contribution < -0.4 is 14.8 Å². The molecular weight excluding hydrogens is 486 g/mol. The van der Waals surface area contributed by atoms with Crippen LogP contribution in [0.1, 0.15) is 36.0 Å². The van der Waals surface area contributed by atoms with Crippen molar-refractivity contribution in [2.24, 2.45) is 0 Å². The van der Waals surface area contributed by atoms with Crippen molar-refractivity contribution >= 4 is 23.3 Å². The number of hydrogen-bond acceptors (Lipinski definition) is 6. The Bertz CT molecular complexity index is 1150. The Hall–Kier alpha value is -2.86. The Morgan fingerprint density at radius 3 is 2.74 bits per heavy atom. The summed E-state index contributed by atoms with van der Waals surface area (Å²) in [4.78, 5) is 25.1. The van der Waals surface area contributed by atoms with Gasteiger partial charge in [0.15, 0.2) is 17.6 Å². The van der Waals surface area contributed by atoms with E-state index in [2.05, 4.69) is 15.2 Å². The number of benzene rings is 1. The fraction of sp³-hybridized carbons (Fsp3) is 0.476. The van der Waals surface area contributed by atoms with E-state index in [1.807, 2.05) is 0 Å². The highest BCUT2D eigenvalue weighted by Crippen LogP contribution is 2.65. The second kappa shape index (κ2) is 7.84. The summed E-state index contributed by atoms with van der Waals surface area (Å²) in [6.45, 7) is -0.914. The number of ether oxygens (including phenoxy) is 3. The first-order valence-corrected chi connectivity index (χ1v) is 10.8. The minimum Gasteiger partial charge on any atom is -0.488 e. The van der Waals surface area contributed by atoms with E-state index in [9.17, 15) is 27.2 Å². The van der Waals surface area contributed by atoms with Crippen LogP contribution in [0.5, 0.6) is 11.5 Å². The quantitative estimate of drug-likeness (QED) is 0.460. The third kappa shape index (κ3) is 4.09. The molecule has 8 nitrogen and oxygen atoms in total. The number of amides is 1. The molecule has 2 heterocycles. The average molecular weight is 504 g/mol. The van der Waals surface area contributed by atoms with Crippen molar-refractivity contribution in [2.45, 2.75) is 49.2 Å². The van der Waals surface area contributed by atoms with Crippen molar-refractivity contribution in [2.75, 3.05) is 13.2 Å². The van der Waals surface area contributed by atoms with Crippen LogP contribution in [0.4, 0.5) is 17.6 Å². The molecule has 1 N–H and O–H groups in total. The van der Waals surface area contributed by atoms with E-state index in [1.165, 1.54) is 12.3 Å². The van der Waals surface area contributed by atoms with Crippen LogP contribution in [-0.4, -0.2) is 52.7 Å². The van der Waals surface area contributed by atoms with E-state index < -0.39 is 36.3 Å². The first-order chi connectivity index (χ1) is 16.0. The number of nitrogens with zero attached hydrogens (tertiary/aromatic N) is 2. The SMILES string of the molecule is O=C1C[C@H](C(=O)NC23CC(n4cc(OCCOC(F)(F)F)cn4)(C2)C3)Oc2cc(F)c(Cl)cc21. The Balaban J connectivity index is 1.14. The molecular formula is C21H18ClF4N3O5. The van der Waals surface area contributed by atoms with Crippen LogP contribution in [0.2, 0.25) is 5.02 Å². The highest BCUT2D eigenvalue weighted by atomic mass is 35.5. The molecule has 3 fully saturated rings. The van der Waals surface area contributed by atoms with Gasteiger partial charge in [0.05, 0.1) is 41.5 Å². The topological polar surface area (TPSA) is 91.7 Å². The summed E-state index contributed by atoms with van der Waals surface area (Å²) in [6, 6.07) is 2.19. The predicted octanol–water partition coefficient (Wildman–Crippen LogP) is 3.37. The van der Waals surface area contributed by atoms with Gasteiger partial charge >= 0.3 is 6.36 Å². The van der Waals surface area contributed by atoms with Crippen LogP contribution in [-0.2, 0) is 15.1 Å². The van der Waals surface area contributed by atoms with Gasteiger partial charge in [-0.15, -0.1) is 13.2 Å². The summed E-state index contributed by atoms with van der Waals surface area (Å²) in [7, 11) is 0. The van der Waals surface area contributed by atoms with Crippen LogP contribution in [0.25, 0.3) is 0 Å². The number of hydrogen-bond donors (Lipinski definition) is 1. The third-order valence-corrected chi connectivity index (χ3v) is 6.60. The van der Waals surface area contributed by atoms with Crippen molar-refractivity contribution in [3.63, 3.8) is 0 Å². The zero-order chi connectivity index (χ0) is 24.3. The number of carbonyl (C=O) groups is 2. The zero-order valence-corrected chi connectivity index (χ0v) is 18.2. The van der Waals surface area contributed by atoms with Gasteiger partial charge in [0.1, 0.15) is 18.2 Å². The summed E-state index contributed by atoms with van der Waals surface area (Å²) in [6.07, 6.45) is -1.19. The summed E-state index contributed by atoms with van der Waals surface area (Å²) >= 11 is 5.72. The molecule has 13 heteroatoms. The van der Waals surface area contributed by atoms with Gasteiger partial charge in [-0.1, -0.05) is 11.6 Å². The number of rotatable bonds is 7. The third-order valence-electron chi connectivity index (χ3n) is 6.31. The lowest BCUT2D eigenvalue weighted by Gasteiger charge is -2.70. The Labute approximate surface area is 195 Å². The first-order valence-electron chi connectivity index (χ1n) is 10.4. The molecule has 1 aromatic heterocycles. The number of aromatic nitrogens is 2. The van der Waals surface area contributed by atoms with Gasteiger partial charge in [-0.2, -0.15) is 5.10 Å². The molecule has 34 heavy (non-hydrogen) atoms. The molecule has 1 atom stereocenters. The van der Waals surface area contributed by atoms with Gasteiger partial charge in [-0.25, -0.2) is 4.39 Å². The summed E-state index contributed by atoms with van der Waals surface area (Å²) < 4.78 is 65.9. The van der Waals surface area contributed by atoms with Gasteiger partial charge in [-0.3, -0.25) is 19.0 Å². The molecule has 0 radical (unpaired) electrons. The molecule has 1 amide bonds. The van der Waals surface area contributed by atoms with Gasteiger partial charge < -0.3 is 14.8 Å². The second-order valence-electron chi connectivity index (χ2n) is 8.78. The van der Waals surface area contributed by atoms with E-state index in [-0.39, 0.29) is 40.7 Å². The standard InChI is InChI=1S/C21H18ClF4N3O5/c22-13-3-12-15(30)5-17(34-16(12)4-14(13)23)18(31)28-19-8-20(9-19,10-19)29-7-11(6-27-29)32-1-2-33-21(24,25)26/h3-4,6-7,17H,1-2,5,8-10H2,(H,28,31)/t17-,19?,20?/m1/s1. The van der Waals surface area contributed by atoms with E-state index in [0.717, 1.165) is 6.07 Å². The number of fused-ring (bicyclic) bond motifs is 1. The lowest BCUT2D eigenvalue weighted by Crippen LogP contribution is -2.79. The molecule has 182 valence electrons. The molecule has 4 aliphatic rings. The maximum Gasteiger partial charge on any atom is 0.522 e. The summed E-state index contributed by atoms with van der Waals surface area (Å²) in [5, 5.41) is 6.96. The largest absolute Gasteiger partial charge is 0.522 e. The number of nitrogens with one attached hydrogen (secondary N) is 1. The van der Waals surface area contributed by atoms with Crippen molar-refractivity contribution in [3.8, 4) is 11.5 Å². The van der Waals surface area contributed by atoms with Gasteiger partial charge in [0.2, 0.25) is 0 Å². The number of alkyl halides is 3. The van der Waals surface area contributed by atoms with E-state index in [1.54, 1.807) is 10.9 Å². The van der Waals surface area contributed by atoms with E-state index in [0.29, 0.717) is 25.0 Å². The molecule has 2 bridgehead atoms. The zero-order valence-electron chi connectivity index (χ0n) is 17.5. The number of carbonyl (C=O) groups excluding carboxylic acids is 2. The normalized spacial score (nSPS) is 27.2. The number of ketones is 1. The Kier molecular flexibility index (Phi) is 5.28. The maximum absolute atomic E-state index is 13.8. The Morgan fingerprint density at radius 1 is 1.29 bits per heavy atom. The van der Waals surface area contributed by atoms with Gasteiger partial charge in [-0.05, 0) is 25.3 Å². The van der Waals surface area contributed by atoms with Crippen molar-refractivity contribution in [1.29, 1.82) is 0 Å². The first kappa shape index (κ1) is 22.9. The van der Waals surface area contributed by atoms with Crippen molar-refractivity contribution < 1.29 is 41.4 Å². The Morgan fingerprint density at radius 2 is 2.03 bits per heavy atom.